The Labute approximate surface area is 150 Å². The van der Waals surface area contributed by atoms with Gasteiger partial charge in [-0.05, 0) is 80.8 Å². The topological polar surface area (TPSA) is 18.5 Å². The van der Waals surface area contributed by atoms with Gasteiger partial charge >= 0.3 is 0 Å². The second kappa shape index (κ2) is 4.28. The Morgan fingerprint density at radius 3 is 2.71 bits per heavy atom. The van der Waals surface area contributed by atoms with Gasteiger partial charge in [0.1, 0.15) is 0 Å². The molecule has 2 aliphatic carbocycles. The summed E-state index contributed by atoms with van der Waals surface area (Å²) >= 11 is 4.68. The van der Waals surface area contributed by atoms with Gasteiger partial charge in [-0.1, -0.05) is 24.3 Å². The highest BCUT2D eigenvalue weighted by molar-refractivity contribution is 14.1. The molecule has 1 spiro atoms. The summed E-state index contributed by atoms with van der Waals surface area (Å²) in [4.78, 5) is 0. The summed E-state index contributed by atoms with van der Waals surface area (Å²) in [6.07, 6.45) is 2.12. The number of rotatable bonds is 0. The maximum atomic E-state index is 6.40. The van der Waals surface area contributed by atoms with Gasteiger partial charge in [0.15, 0.2) is 11.5 Å². The van der Waals surface area contributed by atoms with E-state index in [4.69, 9.17) is 9.47 Å². The van der Waals surface area contributed by atoms with Crippen molar-refractivity contribution in [3.8, 4) is 11.5 Å². The van der Waals surface area contributed by atoms with Gasteiger partial charge < -0.3 is 9.47 Å². The van der Waals surface area contributed by atoms with Crippen LogP contribution in [0.15, 0.2) is 36.4 Å². The van der Waals surface area contributed by atoms with E-state index in [9.17, 15) is 0 Å². The third-order valence-corrected chi connectivity index (χ3v) is 6.35. The lowest BCUT2D eigenvalue weighted by molar-refractivity contribution is -0.0905. The van der Waals surface area contributed by atoms with Crippen LogP contribution in [0.4, 0.5) is 0 Å². The summed E-state index contributed by atoms with van der Waals surface area (Å²) in [6, 6.07) is 13.0. The number of fused-ring (bicyclic) bond motifs is 7. The van der Waals surface area contributed by atoms with E-state index >= 15 is 0 Å². The van der Waals surface area contributed by atoms with E-state index in [-0.39, 0.29) is 0 Å². The molecule has 0 amide bonds. The predicted octanol–water partition coefficient (Wildman–Crippen LogP) is 5.04. The third kappa shape index (κ3) is 1.69. The first-order valence-corrected chi connectivity index (χ1v) is 9.28. The maximum Gasteiger partial charge on any atom is 0.259 e. The van der Waals surface area contributed by atoms with E-state index in [0.29, 0.717) is 11.8 Å². The molecule has 3 atom stereocenters. The van der Waals surface area contributed by atoms with Gasteiger partial charge in [-0.2, -0.15) is 0 Å². The van der Waals surface area contributed by atoms with Crippen molar-refractivity contribution in [3.63, 3.8) is 0 Å². The molecule has 2 aromatic carbocycles. The minimum atomic E-state index is -0.467. The standard InChI is InChI=1S/C17H12I2O2/c18-10-6-14(19)16-15(7-10)20-17(21-16)8-9-5-13(17)12-4-2-1-3-11(9)12/h1-4,6-7,9,13H,5,8H2. The minimum absolute atomic E-state index is 0.361. The van der Waals surface area contributed by atoms with E-state index in [1.165, 1.54) is 14.7 Å². The maximum absolute atomic E-state index is 6.40. The van der Waals surface area contributed by atoms with E-state index in [1.54, 1.807) is 0 Å². The molecule has 1 aliphatic heterocycles. The van der Waals surface area contributed by atoms with Crippen LogP contribution in [0.5, 0.6) is 11.5 Å². The molecule has 0 aromatic heterocycles. The second-order valence-corrected chi connectivity index (χ2v) is 8.46. The number of ether oxygens (including phenoxy) is 2. The lowest BCUT2D eigenvalue weighted by Crippen LogP contribution is -2.42. The fraction of sp³-hybridized carbons (Fsp3) is 0.294. The Bertz CT molecular complexity index is 773. The summed E-state index contributed by atoms with van der Waals surface area (Å²) in [7, 11) is 0. The quantitative estimate of drug-likeness (QED) is 0.471. The molecule has 21 heavy (non-hydrogen) atoms. The van der Waals surface area contributed by atoms with Gasteiger partial charge in [0.25, 0.3) is 5.79 Å². The Morgan fingerprint density at radius 2 is 1.86 bits per heavy atom. The zero-order chi connectivity index (χ0) is 14.2. The molecule has 3 aliphatic rings. The molecule has 3 unspecified atom stereocenters. The molecule has 2 nitrogen and oxygen atoms in total. The van der Waals surface area contributed by atoms with Gasteiger partial charge in [-0.25, -0.2) is 0 Å². The Balaban J connectivity index is 1.61. The second-order valence-electron chi connectivity index (χ2n) is 6.05. The van der Waals surface area contributed by atoms with Crippen molar-refractivity contribution >= 4 is 45.2 Å². The van der Waals surface area contributed by atoms with E-state index in [1.807, 2.05) is 0 Å². The van der Waals surface area contributed by atoms with Crippen LogP contribution in [0.3, 0.4) is 0 Å². The predicted molar refractivity (Wildman–Crippen MR) is 97.0 cm³/mol. The molecule has 4 heteroatoms. The molecule has 106 valence electrons. The SMILES string of the molecule is Ic1cc(I)c2c(c1)OC1(CC3CC1c1ccccc13)O2. The van der Waals surface area contributed by atoms with Crippen molar-refractivity contribution in [3.05, 3.63) is 54.7 Å². The number of benzene rings is 2. The summed E-state index contributed by atoms with van der Waals surface area (Å²) < 4.78 is 15.1. The number of hydrogen-bond acceptors (Lipinski definition) is 2. The molecular formula is C17H12I2O2. The first-order valence-electron chi connectivity index (χ1n) is 7.12. The smallest absolute Gasteiger partial charge is 0.259 e. The lowest BCUT2D eigenvalue weighted by Gasteiger charge is -2.33. The molecule has 0 N–H and O–H groups in total. The minimum Gasteiger partial charge on any atom is -0.448 e. The molecule has 5 rings (SSSR count). The molecule has 1 fully saturated rings. The van der Waals surface area contributed by atoms with Gasteiger partial charge in [0, 0.05) is 9.99 Å². The van der Waals surface area contributed by atoms with Gasteiger partial charge in [-0.15, -0.1) is 0 Å². The van der Waals surface area contributed by atoms with Crippen LogP contribution in [-0.4, -0.2) is 5.79 Å². The van der Waals surface area contributed by atoms with Crippen molar-refractivity contribution in [1.82, 2.24) is 0 Å². The summed E-state index contributed by atoms with van der Waals surface area (Å²) in [5, 5.41) is 0. The van der Waals surface area contributed by atoms with Crippen molar-refractivity contribution in [2.24, 2.45) is 0 Å². The van der Waals surface area contributed by atoms with Crippen LogP contribution < -0.4 is 9.47 Å². The van der Waals surface area contributed by atoms with Gasteiger partial charge in [0.2, 0.25) is 0 Å². The lowest BCUT2D eigenvalue weighted by atomic mass is 9.87. The average Bonchev–Trinajstić information content (AvgIpc) is 3.10. The van der Waals surface area contributed by atoms with Crippen LogP contribution in [0, 0.1) is 7.14 Å². The highest BCUT2D eigenvalue weighted by Gasteiger charge is 2.60. The van der Waals surface area contributed by atoms with Crippen molar-refractivity contribution in [1.29, 1.82) is 0 Å². The third-order valence-electron chi connectivity index (χ3n) is 4.93. The summed E-state index contributed by atoms with van der Waals surface area (Å²) in [6.45, 7) is 0. The molecule has 2 bridgehead atoms. The molecule has 1 heterocycles. The normalized spacial score (nSPS) is 31.0. The zero-order valence-corrected chi connectivity index (χ0v) is 15.4. The van der Waals surface area contributed by atoms with Crippen LogP contribution in [0.2, 0.25) is 0 Å². The number of hydrogen-bond donors (Lipinski definition) is 0. The van der Waals surface area contributed by atoms with Crippen molar-refractivity contribution in [2.75, 3.05) is 0 Å². The van der Waals surface area contributed by atoms with E-state index in [0.717, 1.165) is 27.9 Å². The van der Waals surface area contributed by atoms with Crippen LogP contribution in [0.1, 0.15) is 35.8 Å². The van der Waals surface area contributed by atoms with Crippen LogP contribution in [-0.2, 0) is 0 Å². The van der Waals surface area contributed by atoms with E-state index in [2.05, 4.69) is 81.6 Å². The molecular weight excluding hydrogens is 490 g/mol. The summed E-state index contributed by atoms with van der Waals surface area (Å²) in [5.74, 6) is 2.32. The highest BCUT2D eigenvalue weighted by Crippen LogP contribution is 2.63. The molecule has 1 saturated carbocycles. The molecule has 0 saturated heterocycles. The highest BCUT2D eigenvalue weighted by atomic mass is 127. The van der Waals surface area contributed by atoms with Crippen LogP contribution >= 0.6 is 45.2 Å². The van der Waals surface area contributed by atoms with E-state index < -0.39 is 5.79 Å². The zero-order valence-electron chi connectivity index (χ0n) is 11.1. The van der Waals surface area contributed by atoms with Crippen LogP contribution in [0.25, 0.3) is 0 Å². The largest absolute Gasteiger partial charge is 0.448 e. The first kappa shape index (κ1) is 13.0. The molecule has 2 aromatic rings. The first-order chi connectivity index (χ1) is 10.2. The number of halogens is 2. The Kier molecular flexibility index (Phi) is 2.65. The van der Waals surface area contributed by atoms with Crippen molar-refractivity contribution in [2.45, 2.75) is 30.5 Å². The average molecular weight is 502 g/mol. The van der Waals surface area contributed by atoms with Crippen molar-refractivity contribution < 1.29 is 9.47 Å². The fourth-order valence-electron chi connectivity index (χ4n) is 4.15. The summed E-state index contributed by atoms with van der Waals surface area (Å²) in [5.41, 5.74) is 2.92. The van der Waals surface area contributed by atoms with Gasteiger partial charge in [-0.3, -0.25) is 0 Å². The molecule has 0 radical (unpaired) electrons. The monoisotopic (exact) mass is 502 g/mol. The Hall–Kier alpha value is -0.500. The van der Waals surface area contributed by atoms with Gasteiger partial charge in [0.05, 0.1) is 9.49 Å². The fourth-order valence-corrected chi connectivity index (χ4v) is 6.05. The Morgan fingerprint density at radius 1 is 1.05 bits per heavy atom.